The van der Waals surface area contributed by atoms with Gasteiger partial charge in [-0.3, -0.25) is 10.1 Å². The van der Waals surface area contributed by atoms with E-state index < -0.39 is 0 Å². The molecule has 5 aromatic heterocycles. The highest BCUT2D eigenvalue weighted by Gasteiger charge is 2.02. The monoisotopic (exact) mass is 704 g/mol. The van der Waals surface area contributed by atoms with Gasteiger partial charge in [-0.2, -0.15) is 10.2 Å². The summed E-state index contributed by atoms with van der Waals surface area (Å²) in [4.78, 5) is 8.26. The van der Waals surface area contributed by atoms with Crippen molar-refractivity contribution in [2.45, 2.75) is 89.5 Å². The largest absolute Gasteiger partial charge is 0.307 e. The standard InChI is InChI=1S/C8H7N.3C7H6N2.4C4H10/c1-2-4-8-7(3-1)5-6-9-8;1-2-6-9-7(3-1)4-5-8-9;1-2-5-9-6-4-8-7(9)3-1;1-2-4-7-6(3-1)5-8-9-7;4*1-4(2)3/h1-4,6H,5H2;2*1-6H;1-5H,(H,8,9);4*4H,1-3H3. The molecule has 1 N–H and O–H groups in total. The van der Waals surface area contributed by atoms with E-state index in [1.165, 1.54) is 5.56 Å². The van der Waals surface area contributed by atoms with Crippen LogP contribution in [-0.2, 0) is 6.42 Å². The number of H-pyrrole nitrogens is 1. The molecule has 8 rings (SSSR count). The number of nitrogens with one attached hydrogen (secondary N) is 1. The van der Waals surface area contributed by atoms with Crippen LogP contribution in [0, 0.1) is 23.7 Å². The lowest BCUT2D eigenvalue weighted by molar-refractivity contribution is 0.736. The number of para-hydroxylation sites is 2. The summed E-state index contributed by atoms with van der Waals surface area (Å²) in [5, 5.41) is 11.9. The summed E-state index contributed by atoms with van der Waals surface area (Å²) in [5.41, 5.74) is 5.71. The number of fused-ring (bicyclic) bond motifs is 4. The maximum absolute atomic E-state index is 4.17. The van der Waals surface area contributed by atoms with Crippen molar-refractivity contribution in [3.63, 3.8) is 0 Å². The van der Waals surface area contributed by atoms with Crippen molar-refractivity contribution >= 4 is 34.0 Å². The summed E-state index contributed by atoms with van der Waals surface area (Å²) in [7, 11) is 0. The fourth-order valence-corrected chi connectivity index (χ4v) is 3.66. The Balaban J connectivity index is 0.000000307. The minimum Gasteiger partial charge on any atom is -0.307 e. The molecule has 2 aromatic carbocycles. The van der Waals surface area contributed by atoms with Crippen molar-refractivity contribution in [3.8, 4) is 0 Å². The Morgan fingerprint density at radius 3 is 1.77 bits per heavy atom. The van der Waals surface area contributed by atoms with Crippen molar-refractivity contribution in [2.75, 3.05) is 0 Å². The molecule has 1 aliphatic heterocycles. The summed E-state index contributed by atoms with van der Waals surface area (Å²) in [6.07, 6.45) is 14.2. The van der Waals surface area contributed by atoms with Crippen molar-refractivity contribution in [1.29, 1.82) is 0 Å². The first-order valence-corrected chi connectivity index (χ1v) is 18.5. The highest BCUT2D eigenvalue weighted by Crippen LogP contribution is 2.22. The number of aromatic nitrogens is 6. The molecule has 7 nitrogen and oxygen atoms in total. The normalized spacial score (nSPS) is 10.5. The predicted octanol–water partition coefficient (Wildman–Crippen LogP) is 12.8. The summed E-state index contributed by atoms with van der Waals surface area (Å²) in [5.74, 6) is 3.33. The van der Waals surface area contributed by atoms with Gasteiger partial charge in [0.1, 0.15) is 5.65 Å². The van der Waals surface area contributed by atoms with Gasteiger partial charge in [-0.1, -0.05) is 132 Å². The molecule has 0 radical (unpaired) electrons. The molecule has 0 spiro atoms. The summed E-state index contributed by atoms with van der Waals surface area (Å²) in [6, 6.07) is 30.1. The van der Waals surface area contributed by atoms with E-state index in [0.29, 0.717) is 0 Å². The van der Waals surface area contributed by atoms with Gasteiger partial charge >= 0.3 is 0 Å². The number of hydrogen-bond acceptors (Lipinski definition) is 4. The first-order valence-electron chi connectivity index (χ1n) is 18.5. The summed E-state index contributed by atoms with van der Waals surface area (Å²) >= 11 is 0. The van der Waals surface area contributed by atoms with Crippen LogP contribution >= 0.6 is 0 Å². The number of nitrogens with zero attached hydrogens (tertiary/aromatic N) is 6. The average molecular weight is 704 g/mol. The van der Waals surface area contributed by atoms with Crippen LogP contribution in [0.1, 0.15) is 88.6 Å². The van der Waals surface area contributed by atoms with Crippen LogP contribution in [0.5, 0.6) is 0 Å². The number of pyridine rings is 2. The zero-order valence-electron chi connectivity index (χ0n) is 33.9. The van der Waals surface area contributed by atoms with Crippen molar-refractivity contribution < 1.29 is 0 Å². The Kier molecular flexibility index (Phi) is 23.1. The van der Waals surface area contributed by atoms with Crippen molar-refractivity contribution in [3.05, 3.63) is 134 Å². The molecule has 0 bridgehead atoms. The molecule has 0 atom stereocenters. The van der Waals surface area contributed by atoms with Crippen LogP contribution < -0.4 is 0 Å². The van der Waals surface area contributed by atoms with E-state index in [1.807, 2.05) is 125 Å². The summed E-state index contributed by atoms with van der Waals surface area (Å²) in [6.45, 7) is 26.0. The third-order valence-electron chi connectivity index (χ3n) is 5.49. The molecule has 7 aromatic rings. The van der Waals surface area contributed by atoms with Gasteiger partial charge in [0, 0.05) is 49.0 Å². The van der Waals surface area contributed by atoms with E-state index in [1.54, 1.807) is 12.4 Å². The molecular weight excluding hydrogens is 639 g/mol. The first kappa shape index (κ1) is 45.0. The minimum atomic E-state index is 0.833. The van der Waals surface area contributed by atoms with Gasteiger partial charge in [-0.15, -0.1) is 0 Å². The topological polar surface area (TPSA) is 75.6 Å². The van der Waals surface area contributed by atoms with Gasteiger partial charge in [0.2, 0.25) is 0 Å². The molecule has 52 heavy (non-hydrogen) atoms. The highest BCUT2D eigenvalue weighted by atomic mass is 15.2. The van der Waals surface area contributed by atoms with Gasteiger partial charge in [-0.25, -0.2) is 9.50 Å². The average Bonchev–Trinajstić information content (AvgIpc) is 3.91. The molecule has 0 unspecified atom stereocenters. The fraction of sp³-hybridized carbons (Fsp3) is 0.378. The lowest BCUT2D eigenvalue weighted by Gasteiger charge is -1.91. The molecule has 6 heterocycles. The SMILES string of the molecule is C1=Nc2ccccc2C1.CC(C)C.CC(C)C.CC(C)C.CC(C)C.c1ccc2[nH]ncc2c1.c1ccn2ccnc2c1.c1ccn2nccc2c1. The number of aliphatic imine (C=N–C) groups is 1. The molecule has 0 aliphatic carbocycles. The highest BCUT2D eigenvalue weighted by molar-refractivity contribution is 5.77. The van der Waals surface area contributed by atoms with Crippen LogP contribution in [0.2, 0.25) is 0 Å². The molecule has 280 valence electrons. The molecule has 0 fully saturated rings. The van der Waals surface area contributed by atoms with Crippen LogP contribution in [0.3, 0.4) is 0 Å². The Labute approximate surface area is 314 Å². The maximum Gasteiger partial charge on any atom is 0.136 e. The molecule has 1 aliphatic rings. The van der Waals surface area contributed by atoms with Crippen molar-refractivity contribution in [2.24, 2.45) is 28.7 Å². The number of benzene rings is 2. The molecule has 7 heteroatoms. The van der Waals surface area contributed by atoms with Crippen LogP contribution in [0.4, 0.5) is 5.69 Å². The Morgan fingerprint density at radius 1 is 0.577 bits per heavy atom. The van der Waals surface area contributed by atoms with Crippen LogP contribution in [-0.4, -0.2) is 35.4 Å². The lowest BCUT2D eigenvalue weighted by atomic mass is 10.2. The molecule has 0 saturated carbocycles. The number of imidazole rings is 1. The number of rotatable bonds is 0. The second kappa shape index (κ2) is 26.7. The predicted molar refractivity (Wildman–Crippen MR) is 227 cm³/mol. The van der Waals surface area contributed by atoms with E-state index in [4.69, 9.17) is 0 Å². The van der Waals surface area contributed by atoms with E-state index in [-0.39, 0.29) is 0 Å². The summed E-state index contributed by atoms with van der Waals surface area (Å²) < 4.78 is 3.81. The molecule has 0 amide bonds. The van der Waals surface area contributed by atoms with Crippen LogP contribution in [0.25, 0.3) is 22.1 Å². The molecule has 0 saturated heterocycles. The Bertz CT molecular complexity index is 1610. The Morgan fingerprint density at radius 2 is 1.15 bits per heavy atom. The van der Waals surface area contributed by atoms with Gasteiger partial charge in [0.15, 0.2) is 0 Å². The molecular formula is C45H65N7. The zero-order valence-corrected chi connectivity index (χ0v) is 33.9. The smallest absolute Gasteiger partial charge is 0.136 e. The van der Waals surface area contributed by atoms with E-state index in [2.05, 4.69) is 114 Å². The third kappa shape index (κ3) is 21.9. The van der Waals surface area contributed by atoms with Crippen LogP contribution in [0.15, 0.2) is 133 Å². The Hall–Kier alpha value is -5.04. The third-order valence-corrected chi connectivity index (χ3v) is 5.49. The second-order valence-corrected chi connectivity index (χ2v) is 14.8. The second-order valence-electron chi connectivity index (χ2n) is 14.8. The first-order chi connectivity index (χ1) is 24.8. The number of hydrogen-bond donors (Lipinski definition) is 1. The number of aromatic amines is 1. The van der Waals surface area contributed by atoms with E-state index in [9.17, 15) is 0 Å². The fourth-order valence-electron chi connectivity index (χ4n) is 3.66. The van der Waals surface area contributed by atoms with Gasteiger partial charge in [0.25, 0.3) is 0 Å². The van der Waals surface area contributed by atoms with Gasteiger partial charge < -0.3 is 4.40 Å². The van der Waals surface area contributed by atoms with E-state index >= 15 is 0 Å². The van der Waals surface area contributed by atoms with Gasteiger partial charge in [0.05, 0.1) is 22.9 Å². The van der Waals surface area contributed by atoms with Crippen molar-refractivity contribution in [1.82, 2.24) is 29.2 Å². The quantitative estimate of drug-likeness (QED) is 0.171. The van der Waals surface area contributed by atoms with E-state index in [0.717, 1.165) is 57.8 Å². The minimum absolute atomic E-state index is 0.833. The lowest BCUT2D eigenvalue weighted by Crippen LogP contribution is -1.81. The zero-order chi connectivity index (χ0) is 38.7. The van der Waals surface area contributed by atoms with Gasteiger partial charge in [-0.05, 0) is 71.7 Å². The maximum atomic E-state index is 4.17.